The maximum Gasteiger partial charge on any atom is 0.395 e. The summed E-state index contributed by atoms with van der Waals surface area (Å²) in [5, 5.41) is 0. The van der Waals surface area contributed by atoms with Crippen molar-refractivity contribution in [2.75, 3.05) is 5.73 Å². The van der Waals surface area contributed by atoms with E-state index in [0.717, 1.165) is 24.5 Å². The fraction of sp³-hybridized carbons (Fsp3) is 0.294. The molecule has 3 rings (SSSR count). The molecule has 1 unspecified atom stereocenters. The molecular weight excluding hydrogens is 341 g/mol. The van der Waals surface area contributed by atoms with Gasteiger partial charge in [0.1, 0.15) is 23.7 Å². The van der Waals surface area contributed by atoms with Crippen LogP contribution < -0.4 is 5.73 Å². The largest absolute Gasteiger partial charge is 0.395 e. The second-order valence-corrected chi connectivity index (χ2v) is 5.79. The molecule has 2 N–H and O–H groups in total. The first-order valence-electron chi connectivity index (χ1n) is 7.62. The first kappa shape index (κ1) is 17.3. The van der Waals surface area contributed by atoms with Gasteiger partial charge in [-0.15, -0.1) is 0 Å². The van der Waals surface area contributed by atoms with Gasteiger partial charge < -0.3 is 5.73 Å². The predicted molar refractivity (Wildman–Crippen MR) is 83.2 cm³/mol. The number of aromatic nitrogens is 2. The summed E-state index contributed by atoms with van der Waals surface area (Å²) >= 11 is 0. The van der Waals surface area contributed by atoms with Gasteiger partial charge in [0.2, 0.25) is 0 Å². The minimum absolute atomic E-state index is 0.0447. The Morgan fingerprint density at radius 2 is 1.80 bits per heavy atom. The lowest BCUT2D eigenvalue weighted by molar-refractivity contribution is -0.160. The van der Waals surface area contributed by atoms with E-state index in [1.54, 1.807) is 0 Å². The monoisotopic (exact) mass is 355 g/mol. The second kappa shape index (κ2) is 6.42. The summed E-state index contributed by atoms with van der Waals surface area (Å²) in [4.78, 5) is 7.73. The average molecular weight is 355 g/mol. The number of rotatable bonds is 2. The standard InChI is InChI=1S/C17H14F5N3/c18-9-5-6-13(19)11(7-9)16-14(23)15(24-8-25-16)10-3-1-2-4-12(10)17(20,21)22/h3,5-8,12H,1-2,4,23H2. The molecule has 2 aromatic rings. The van der Waals surface area contributed by atoms with Crippen molar-refractivity contribution in [2.45, 2.75) is 25.4 Å². The molecule has 132 valence electrons. The van der Waals surface area contributed by atoms with Gasteiger partial charge in [-0.25, -0.2) is 18.7 Å². The smallest absolute Gasteiger partial charge is 0.395 e. The molecule has 1 aromatic heterocycles. The summed E-state index contributed by atoms with van der Waals surface area (Å²) in [6.07, 6.45) is -1.17. The van der Waals surface area contributed by atoms with Crippen molar-refractivity contribution in [1.82, 2.24) is 9.97 Å². The molecule has 0 aliphatic heterocycles. The van der Waals surface area contributed by atoms with Crippen molar-refractivity contribution in [1.29, 1.82) is 0 Å². The van der Waals surface area contributed by atoms with Gasteiger partial charge in [-0.3, -0.25) is 0 Å². The minimum Gasteiger partial charge on any atom is -0.395 e. The summed E-state index contributed by atoms with van der Waals surface area (Å²) in [6, 6.07) is 2.74. The Balaban J connectivity index is 2.13. The average Bonchev–Trinajstić information content (AvgIpc) is 2.57. The Morgan fingerprint density at radius 1 is 1.08 bits per heavy atom. The van der Waals surface area contributed by atoms with Crippen LogP contribution in [0, 0.1) is 17.6 Å². The number of hydrogen-bond acceptors (Lipinski definition) is 3. The third-order valence-electron chi connectivity index (χ3n) is 4.17. The zero-order valence-corrected chi connectivity index (χ0v) is 12.9. The molecule has 0 bridgehead atoms. The predicted octanol–water partition coefficient (Wildman–Crippen LogP) is 4.75. The van der Waals surface area contributed by atoms with Crippen molar-refractivity contribution in [3.8, 4) is 11.3 Å². The molecule has 1 aliphatic rings. The van der Waals surface area contributed by atoms with Crippen molar-refractivity contribution >= 4 is 11.3 Å². The molecule has 1 aliphatic carbocycles. The van der Waals surface area contributed by atoms with Gasteiger partial charge in [-0.2, -0.15) is 13.2 Å². The molecule has 0 amide bonds. The van der Waals surface area contributed by atoms with Crippen LogP contribution in [0.1, 0.15) is 25.0 Å². The maximum absolute atomic E-state index is 14.0. The number of nitrogens with zero attached hydrogens (tertiary/aromatic N) is 2. The fourth-order valence-electron chi connectivity index (χ4n) is 3.00. The van der Waals surface area contributed by atoms with Crippen LogP contribution in [0.15, 0.2) is 30.6 Å². The van der Waals surface area contributed by atoms with Crippen LogP contribution in [0.3, 0.4) is 0 Å². The van der Waals surface area contributed by atoms with Gasteiger partial charge in [0, 0.05) is 5.56 Å². The van der Waals surface area contributed by atoms with Gasteiger partial charge >= 0.3 is 6.18 Å². The van der Waals surface area contributed by atoms with Crippen LogP contribution in [0.4, 0.5) is 27.6 Å². The van der Waals surface area contributed by atoms with E-state index >= 15 is 0 Å². The first-order valence-corrected chi connectivity index (χ1v) is 7.62. The van der Waals surface area contributed by atoms with E-state index in [2.05, 4.69) is 9.97 Å². The number of allylic oxidation sites excluding steroid dienone is 2. The molecule has 25 heavy (non-hydrogen) atoms. The van der Waals surface area contributed by atoms with Crippen molar-refractivity contribution in [2.24, 2.45) is 5.92 Å². The maximum atomic E-state index is 14.0. The molecule has 0 saturated carbocycles. The van der Waals surface area contributed by atoms with E-state index in [9.17, 15) is 22.0 Å². The summed E-state index contributed by atoms with van der Waals surface area (Å²) in [5.41, 5.74) is 5.27. The highest BCUT2D eigenvalue weighted by Crippen LogP contribution is 2.44. The lowest BCUT2D eigenvalue weighted by Crippen LogP contribution is -2.26. The molecule has 1 heterocycles. The number of alkyl halides is 3. The summed E-state index contributed by atoms with van der Waals surface area (Å²) in [5.74, 6) is -3.17. The van der Waals surface area contributed by atoms with Crippen LogP contribution in [-0.4, -0.2) is 16.1 Å². The van der Waals surface area contributed by atoms with E-state index < -0.39 is 23.7 Å². The van der Waals surface area contributed by atoms with Crippen LogP contribution >= 0.6 is 0 Å². The third-order valence-corrected chi connectivity index (χ3v) is 4.17. The molecule has 0 saturated heterocycles. The van der Waals surface area contributed by atoms with Crippen LogP contribution in [0.5, 0.6) is 0 Å². The Hall–Kier alpha value is -2.51. The van der Waals surface area contributed by atoms with E-state index in [1.807, 2.05) is 0 Å². The summed E-state index contributed by atoms with van der Waals surface area (Å²) < 4.78 is 67.4. The number of benzene rings is 1. The number of nitrogens with two attached hydrogens (primary N) is 1. The van der Waals surface area contributed by atoms with Crippen molar-refractivity contribution < 1.29 is 22.0 Å². The Bertz CT molecular complexity index is 830. The van der Waals surface area contributed by atoms with Gasteiger partial charge in [-0.1, -0.05) is 6.08 Å². The third kappa shape index (κ3) is 3.33. The summed E-state index contributed by atoms with van der Waals surface area (Å²) in [6.45, 7) is 0. The fourth-order valence-corrected chi connectivity index (χ4v) is 3.00. The van der Waals surface area contributed by atoms with E-state index in [1.165, 1.54) is 6.08 Å². The number of hydrogen-bond donors (Lipinski definition) is 1. The number of halogens is 5. The van der Waals surface area contributed by atoms with E-state index in [4.69, 9.17) is 5.73 Å². The number of nitrogen functional groups attached to an aromatic ring is 1. The topological polar surface area (TPSA) is 51.8 Å². The highest BCUT2D eigenvalue weighted by Gasteiger charge is 2.43. The number of anilines is 1. The highest BCUT2D eigenvalue weighted by molar-refractivity contribution is 5.83. The second-order valence-electron chi connectivity index (χ2n) is 5.79. The molecule has 0 spiro atoms. The van der Waals surface area contributed by atoms with Gasteiger partial charge in [0.05, 0.1) is 17.3 Å². The van der Waals surface area contributed by atoms with E-state index in [0.29, 0.717) is 12.8 Å². The lowest BCUT2D eigenvalue weighted by atomic mass is 9.84. The first-order chi connectivity index (χ1) is 11.8. The van der Waals surface area contributed by atoms with Crippen molar-refractivity contribution in [3.05, 3.63) is 47.9 Å². The summed E-state index contributed by atoms with van der Waals surface area (Å²) in [7, 11) is 0. The molecule has 8 heteroatoms. The minimum atomic E-state index is -4.44. The molecule has 3 nitrogen and oxygen atoms in total. The SMILES string of the molecule is Nc1c(C2=CCCCC2C(F)(F)F)ncnc1-c1cc(F)ccc1F. The van der Waals surface area contributed by atoms with Crippen LogP contribution in [-0.2, 0) is 0 Å². The molecule has 1 atom stereocenters. The Morgan fingerprint density at radius 3 is 2.52 bits per heavy atom. The molecule has 0 radical (unpaired) electrons. The van der Waals surface area contributed by atoms with Gasteiger partial charge in [0.15, 0.2) is 0 Å². The highest BCUT2D eigenvalue weighted by atomic mass is 19.4. The van der Waals surface area contributed by atoms with Crippen molar-refractivity contribution in [3.63, 3.8) is 0 Å². The Labute approximate surface area is 140 Å². The van der Waals surface area contributed by atoms with Crippen LogP contribution in [0.25, 0.3) is 16.8 Å². The van der Waals surface area contributed by atoms with Crippen LogP contribution in [0.2, 0.25) is 0 Å². The van der Waals surface area contributed by atoms with E-state index in [-0.39, 0.29) is 34.6 Å². The molecule has 1 aromatic carbocycles. The van der Waals surface area contributed by atoms with Gasteiger partial charge in [0.25, 0.3) is 0 Å². The quantitative estimate of drug-likeness (QED) is 0.791. The zero-order valence-electron chi connectivity index (χ0n) is 12.9. The zero-order chi connectivity index (χ0) is 18.2. The normalized spacial score (nSPS) is 18.1. The molecular formula is C17H14F5N3. The van der Waals surface area contributed by atoms with Gasteiger partial charge in [-0.05, 0) is 43.0 Å². The lowest BCUT2D eigenvalue weighted by Gasteiger charge is -2.27. The molecule has 0 fully saturated rings. The Kier molecular flexibility index (Phi) is 4.45.